The molecule has 0 radical (unpaired) electrons. The first kappa shape index (κ1) is 14.3. The van der Waals surface area contributed by atoms with Crippen molar-refractivity contribution in [3.05, 3.63) is 72.8 Å². The molecule has 0 aromatic heterocycles. The predicted molar refractivity (Wildman–Crippen MR) is 94.6 cm³/mol. The fourth-order valence-corrected chi connectivity index (χ4v) is 2.86. The summed E-state index contributed by atoms with van der Waals surface area (Å²) in [6.45, 7) is 0. The minimum atomic E-state index is -0.348. The summed E-state index contributed by atoms with van der Waals surface area (Å²) in [5.74, 6) is -0.593. The maximum Gasteiger partial charge on any atom is 0.279 e. The fourth-order valence-electron chi connectivity index (χ4n) is 2.86. The van der Waals surface area contributed by atoms with Gasteiger partial charge in [-0.15, -0.1) is 0 Å². The van der Waals surface area contributed by atoms with Gasteiger partial charge in [-0.1, -0.05) is 48.5 Å². The van der Waals surface area contributed by atoms with Crippen molar-refractivity contribution in [1.82, 2.24) is 0 Å². The van der Waals surface area contributed by atoms with Crippen molar-refractivity contribution in [3.63, 3.8) is 0 Å². The van der Waals surface area contributed by atoms with Gasteiger partial charge in [0, 0.05) is 0 Å². The third-order valence-corrected chi connectivity index (χ3v) is 4.03. The SMILES string of the molecule is O=C1CC(=Nc2ccccc2)C(=O)N1c1ccc2ccccc2c1. The van der Waals surface area contributed by atoms with Gasteiger partial charge in [0.15, 0.2) is 0 Å². The Bertz CT molecular complexity index is 977. The van der Waals surface area contributed by atoms with Crippen LogP contribution in [0, 0.1) is 0 Å². The number of hydrogen-bond donors (Lipinski definition) is 0. The number of imide groups is 1. The quantitative estimate of drug-likeness (QED) is 0.674. The highest BCUT2D eigenvalue weighted by molar-refractivity contribution is 6.56. The summed E-state index contributed by atoms with van der Waals surface area (Å²) in [7, 11) is 0. The van der Waals surface area contributed by atoms with Crippen LogP contribution in [-0.4, -0.2) is 17.5 Å². The molecular formula is C20H14N2O2. The van der Waals surface area contributed by atoms with Gasteiger partial charge in [-0.3, -0.25) is 9.59 Å². The van der Waals surface area contributed by atoms with Gasteiger partial charge < -0.3 is 0 Å². The molecule has 0 unspecified atom stereocenters. The largest absolute Gasteiger partial charge is 0.279 e. The van der Waals surface area contributed by atoms with Crippen molar-refractivity contribution < 1.29 is 9.59 Å². The van der Waals surface area contributed by atoms with E-state index in [9.17, 15) is 9.59 Å². The summed E-state index contributed by atoms with van der Waals surface area (Å²) in [6, 6.07) is 22.6. The van der Waals surface area contributed by atoms with Gasteiger partial charge in [-0.05, 0) is 35.0 Å². The molecule has 0 N–H and O–H groups in total. The number of aliphatic imine (C=N–C) groups is 1. The van der Waals surface area contributed by atoms with Gasteiger partial charge in [-0.2, -0.15) is 0 Å². The van der Waals surface area contributed by atoms with E-state index in [0.29, 0.717) is 11.4 Å². The second-order valence-electron chi connectivity index (χ2n) is 5.64. The van der Waals surface area contributed by atoms with Crippen molar-refractivity contribution in [3.8, 4) is 0 Å². The van der Waals surface area contributed by atoms with Gasteiger partial charge in [0.1, 0.15) is 5.71 Å². The standard InChI is InChI=1S/C20H14N2O2/c23-19-13-18(21-16-8-2-1-3-9-16)20(24)22(19)17-11-10-14-6-4-5-7-15(14)12-17/h1-12H,13H2. The lowest BCUT2D eigenvalue weighted by atomic mass is 10.1. The number of anilines is 1. The monoisotopic (exact) mass is 314 g/mol. The minimum Gasteiger partial charge on any atom is -0.274 e. The summed E-state index contributed by atoms with van der Waals surface area (Å²) >= 11 is 0. The molecule has 1 saturated heterocycles. The Kier molecular flexibility index (Phi) is 3.43. The van der Waals surface area contributed by atoms with Gasteiger partial charge >= 0.3 is 0 Å². The van der Waals surface area contributed by atoms with E-state index in [1.165, 1.54) is 4.90 Å². The number of rotatable bonds is 2. The highest BCUT2D eigenvalue weighted by Gasteiger charge is 2.36. The highest BCUT2D eigenvalue weighted by Crippen LogP contribution is 2.27. The van der Waals surface area contributed by atoms with Gasteiger partial charge in [0.05, 0.1) is 17.8 Å². The normalized spacial score (nSPS) is 16.3. The number of carbonyl (C=O) groups is 2. The lowest BCUT2D eigenvalue weighted by Crippen LogP contribution is -2.30. The first-order valence-electron chi connectivity index (χ1n) is 7.71. The Labute approximate surface area is 139 Å². The summed E-state index contributed by atoms with van der Waals surface area (Å²) in [5.41, 5.74) is 1.54. The van der Waals surface area contributed by atoms with Crippen molar-refractivity contribution >= 4 is 39.7 Å². The molecular weight excluding hydrogens is 300 g/mol. The Hall–Kier alpha value is -3.27. The zero-order valence-corrected chi connectivity index (χ0v) is 12.8. The molecule has 3 aromatic carbocycles. The third kappa shape index (κ3) is 2.48. The van der Waals surface area contributed by atoms with E-state index in [4.69, 9.17) is 0 Å². The van der Waals surface area contributed by atoms with Crippen LogP contribution in [0.25, 0.3) is 10.8 Å². The number of fused-ring (bicyclic) bond motifs is 1. The molecule has 4 nitrogen and oxygen atoms in total. The molecule has 1 fully saturated rings. The van der Waals surface area contributed by atoms with Crippen LogP contribution in [0.1, 0.15) is 6.42 Å². The molecule has 0 saturated carbocycles. The minimum absolute atomic E-state index is 0.0283. The Morgan fingerprint density at radius 2 is 1.50 bits per heavy atom. The van der Waals surface area contributed by atoms with Crippen LogP contribution in [-0.2, 0) is 9.59 Å². The maximum atomic E-state index is 12.6. The third-order valence-electron chi connectivity index (χ3n) is 4.03. The van der Waals surface area contributed by atoms with E-state index in [2.05, 4.69) is 4.99 Å². The van der Waals surface area contributed by atoms with E-state index in [0.717, 1.165) is 10.8 Å². The molecule has 0 spiro atoms. The number of para-hydroxylation sites is 1. The average molecular weight is 314 g/mol. The lowest BCUT2D eigenvalue weighted by molar-refractivity contribution is -0.120. The van der Waals surface area contributed by atoms with Crippen LogP contribution in [0.4, 0.5) is 11.4 Å². The molecule has 4 rings (SSSR count). The first-order chi connectivity index (χ1) is 11.7. The van der Waals surface area contributed by atoms with Crippen molar-refractivity contribution in [2.75, 3.05) is 4.90 Å². The van der Waals surface area contributed by atoms with E-state index in [1.807, 2.05) is 66.7 Å². The number of hydrogen-bond acceptors (Lipinski definition) is 3. The average Bonchev–Trinajstić information content (AvgIpc) is 2.89. The van der Waals surface area contributed by atoms with Crippen LogP contribution in [0.3, 0.4) is 0 Å². The smallest absolute Gasteiger partial charge is 0.274 e. The van der Waals surface area contributed by atoms with Crippen LogP contribution in [0.2, 0.25) is 0 Å². The molecule has 4 heteroatoms. The molecule has 3 aromatic rings. The number of carbonyl (C=O) groups excluding carboxylic acids is 2. The maximum absolute atomic E-state index is 12.6. The molecule has 2 amide bonds. The first-order valence-corrected chi connectivity index (χ1v) is 7.71. The van der Waals surface area contributed by atoms with Crippen molar-refractivity contribution in [2.24, 2.45) is 4.99 Å². The second-order valence-corrected chi connectivity index (χ2v) is 5.64. The van der Waals surface area contributed by atoms with Gasteiger partial charge in [0.25, 0.3) is 5.91 Å². The van der Waals surface area contributed by atoms with Crippen molar-refractivity contribution in [1.29, 1.82) is 0 Å². The highest BCUT2D eigenvalue weighted by atomic mass is 16.2. The van der Waals surface area contributed by atoms with Crippen LogP contribution in [0.15, 0.2) is 77.8 Å². The van der Waals surface area contributed by atoms with E-state index < -0.39 is 0 Å². The Morgan fingerprint density at radius 1 is 0.792 bits per heavy atom. The van der Waals surface area contributed by atoms with Gasteiger partial charge in [0.2, 0.25) is 5.91 Å². The van der Waals surface area contributed by atoms with E-state index in [1.54, 1.807) is 6.07 Å². The van der Waals surface area contributed by atoms with Crippen LogP contribution in [0.5, 0.6) is 0 Å². The summed E-state index contributed by atoms with van der Waals surface area (Å²) < 4.78 is 0. The summed E-state index contributed by atoms with van der Waals surface area (Å²) in [6.07, 6.45) is 0.0283. The molecule has 0 bridgehead atoms. The van der Waals surface area contributed by atoms with Crippen LogP contribution < -0.4 is 4.90 Å². The number of amides is 2. The summed E-state index contributed by atoms with van der Waals surface area (Å²) in [5, 5.41) is 2.06. The number of benzene rings is 3. The van der Waals surface area contributed by atoms with E-state index in [-0.39, 0.29) is 23.9 Å². The molecule has 1 aliphatic heterocycles. The van der Waals surface area contributed by atoms with Crippen LogP contribution >= 0.6 is 0 Å². The topological polar surface area (TPSA) is 49.7 Å². The van der Waals surface area contributed by atoms with E-state index >= 15 is 0 Å². The zero-order valence-electron chi connectivity index (χ0n) is 12.8. The zero-order chi connectivity index (χ0) is 16.5. The molecule has 116 valence electrons. The Morgan fingerprint density at radius 3 is 2.29 bits per heavy atom. The lowest BCUT2D eigenvalue weighted by Gasteiger charge is -2.14. The molecule has 0 atom stereocenters. The molecule has 1 heterocycles. The molecule has 24 heavy (non-hydrogen) atoms. The molecule has 0 aliphatic carbocycles. The predicted octanol–water partition coefficient (Wildman–Crippen LogP) is 3.88. The number of nitrogens with zero attached hydrogens (tertiary/aromatic N) is 2. The second kappa shape index (κ2) is 5.74. The fraction of sp³-hybridized carbons (Fsp3) is 0.0500. The van der Waals surface area contributed by atoms with Gasteiger partial charge in [-0.25, -0.2) is 9.89 Å². The summed E-state index contributed by atoms with van der Waals surface area (Å²) in [4.78, 5) is 30.5. The Balaban J connectivity index is 1.71. The van der Waals surface area contributed by atoms with Crippen molar-refractivity contribution in [2.45, 2.75) is 6.42 Å². The molecule has 1 aliphatic rings.